The molecule has 3 aromatic carbocycles. The number of anilines is 2. The Morgan fingerprint density at radius 1 is 0.810 bits per heavy atom. The lowest BCUT2D eigenvalue weighted by atomic mass is 9.99. The number of benzene rings is 3. The summed E-state index contributed by atoms with van der Waals surface area (Å²) in [4.78, 5) is 38.4. The Morgan fingerprint density at radius 2 is 1.40 bits per heavy atom. The van der Waals surface area contributed by atoms with Crippen LogP contribution in [0.1, 0.15) is 24.8 Å². The Hall–Kier alpha value is -3.11. The van der Waals surface area contributed by atoms with Crippen molar-refractivity contribution in [1.29, 1.82) is 0 Å². The number of para-hydroxylation sites is 2. The molecule has 0 saturated heterocycles. The zero-order valence-corrected chi connectivity index (χ0v) is 26.0. The van der Waals surface area contributed by atoms with E-state index in [1.54, 1.807) is 64.1 Å². The van der Waals surface area contributed by atoms with E-state index in [9.17, 15) is 19.5 Å². The van der Waals surface area contributed by atoms with Gasteiger partial charge in [-0.2, -0.15) is 0 Å². The predicted molar refractivity (Wildman–Crippen MR) is 176 cm³/mol. The lowest BCUT2D eigenvalue weighted by Gasteiger charge is -2.17. The van der Waals surface area contributed by atoms with Crippen LogP contribution in [-0.4, -0.2) is 40.9 Å². The smallest absolute Gasteiger partial charge is 0.250 e. The summed E-state index contributed by atoms with van der Waals surface area (Å²) in [7, 11) is 3.29. The second-order valence-electron chi connectivity index (χ2n) is 9.23. The molecule has 0 radical (unpaired) electrons. The maximum atomic E-state index is 13.0. The highest BCUT2D eigenvalue weighted by atomic mass is 35.5. The van der Waals surface area contributed by atoms with Crippen LogP contribution >= 0.6 is 44.8 Å². The van der Waals surface area contributed by atoms with E-state index >= 15 is 0 Å². The molecule has 0 atom stereocenters. The fourth-order valence-electron chi connectivity index (χ4n) is 3.88. The number of hydrogen-bond acceptors (Lipinski definition) is 6. The number of nitrogens with one attached hydrogen (secondary N) is 3. The highest BCUT2D eigenvalue weighted by Crippen LogP contribution is 2.25. The van der Waals surface area contributed by atoms with Crippen LogP contribution in [0.3, 0.4) is 0 Å². The molecule has 42 heavy (non-hydrogen) atoms. The van der Waals surface area contributed by atoms with Gasteiger partial charge in [0, 0.05) is 45.9 Å². The van der Waals surface area contributed by atoms with Crippen LogP contribution < -0.4 is 16.0 Å². The summed E-state index contributed by atoms with van der Waals surface area (Å²) < 4.78 is 0. The molecule has 0 aliphatic heterocycles. The van der Waals surface area contributed by atoms with Crippen molar-refractivity contribution in [2.75, 3.05) is 28.7 Å². The summed E-state index contributed by atoms with van der Waals surface area (Å²) in [6, 6.07) is 23.2. The highest BCUT2D eigenvalue weighted by molar-refractivity contribution is 8.76. The molecule has 3 rings (SSSR count). The number of halogens is 2. The first-order valence-corrected chi connectivity index (χ1v) is 16.6. The van der Waals surface area contributed by atoms with Gasteiger partial charge in [0.15, 0.2) is 0 Å². The van der Waals surface area contributed by atoms with Crippen LogP contribution in [0.5, 0.6) is 0 Å². The zero-order valence-electron chi connectivity index (χ0n) is 22.9. The Labute approximate surface area is 264 Å². The number of carbonyl (C=O) groups excluding carboxylic acids is 3. The number of rotatable bonds is 16. The zero-order chi connectivity index (χ0) is 30.2. The minimum atomic E-state index is -0.824. The van der Waals surface area contributed by atoms with Crippen LogP contribution in [-0.2, 0) is 20.8 Å². The lowest BCUT2D eigenvalue weighted by Crippen LogP contribution is -2.34. The second kappa shape index (κ2) is 18.4. The van der Waals surface area contributed by atoms with Crippen molar-refractivity contribution >= 4 is 73.9 Å². The van der Waals surface area contributed by atoms with Gasteiger partial charge in [0.25, 0.3) is 5.91 Å². The van der Waals surface area contributed by atoms with Crippen LogP contribution in [0.2, 0.25) is 10.0 Å². The molecule has 0 bridgehead atoms. The molecule has 0 heterocycles. The van der Waals surface area contributed by atoms with E-state index in [1.807, 2.05) is 36.4 Å². The average molecular weight is 647 g/mol. The normalized spacial score (nSPS) is 11.3. The molecule has 7 nitrogen and oxygen atoms in total. The average Bonchev–Trinajstić information content (AvgIpc) is 2.98. The number of carbonyl (C=O) groups is 3. The molecule has 222 valence electrons. The maximum absolute atomic E-state index is 13.0. The van der Waals surface area contributed by atoms with E-state index in [0.717, 1.165) is 18.4 Å². The van der Waals surface area contributed by atoms with Crippen LogP contribution in [0.25, 0.3) is 0 Å². The van der Waals surface area contributed by atoms with Gasteiger partial charge in [-0.05, 0) is 54.8 Å². The van der Waals surface area contributed by atoms with E-state index in [2.05, 4.69) is 16.0 Å². The van der Waals surface area contributed by atoms with Crippen molar-refractivity contribution in [2.24, 2.45) is 5.92 Å². The summed E-state index contributed by atoms with van der Waals surface area (Å²) in [5, 5.41) is 19.0. The van der Waals surface area contributed by atoms with Crippen LogP contribution in [0.15, 0.2) is 90.7 Å². The Bertz CT molecular complexity index is 1290. The van der Waals surface area contributed by atoms with E-state index in [4.69, 9.17) is 23.2 Å². The number of unbranched alkanes of at least 4 members (excludes halogenated alkanes) is 1. The van der Waals surface area contributed by atoms with Gasteiger partial charge < -0.3 is 21.1 Å². The first-order valence-electron chi connectivity index (χ1n) is 13.4. The highest BCUT2D eigenvalue weighted by Gasteiger charge is 2.26. The van der Waals surface area contributed by atoms with E-state index < -0.39 is 5.92 Å². The van der Waals surface area contributed by atoms with Gasteiger partial charge in [0.05, 0.1) is 11.8 Å². The van der Waals surface area contributed by atoms with E-state index in [1.165, 1.54) is 0 Å². The first kappa shape index (κ1) is 33.4. The molecule has 3 amide bonds. The van der Waals surface area contributed by atoms with Gasteiger partial charge in [-0.1, -0.05) is 93.7 Å². The molecular weight excluding hydrogens is 613 g/mol. The molecule has 3 aromatic rings. The van der Waals surface area contributed by atoms with Crippen LogP contribution in [0, 0.1) is 5.92 Å². The summed E-state index contributed by atoms with van der Waals surface area (Å²) >= 11 is 12.1. The number of hydrogen-bond donors (Lipinski definition) is 4. The van der Waals surface area contributed by atoms with E-state index in [0.29, 0.717) is 52.1 Å². The molecule has 0 saturated carbocycles. The minimum absolute atomic E-state index is 0.188. The molecule has 0 unspecified atom stereocenters. The Balaban J connectivity index is 1.36. The fourth-order valence-corrected chi connectivity index (χ4v) is 6.41. The first-order chi connectivity index (χ1) is 20.4. The third kappa shape index (κ3) is 11.6. The van der Waals surface area contributed by atoms with Gasteiger partial charge in [0.1, 0.15) is 5.92 Å². The fraction of sp³-hybridized carbons (Fsp3) is 0.258. The van der Waals surface area contributed by atoms with Gasteiger partial charge in [-0.3, -0.25) is 14.4 Å². The summed E-state index contributed by atoms with van der Waals surface area (Å²) in [6.07, 6.45) is 2.95. The van der Waals surface area contributed by atoms with Crippen molar-refractivity contribution in [2.45, 2.75) is 25.7 Å². The molecule has 4 N–H and O–H groups in total. The molecule has 0 aromatic heterocycles. The number of aliphatic hydroxyl groups is 1. The number of aliphatic hydroxyl groups excluding tert-OH is 1. The maximum Gasteiger partial charge on any atom is 0.250 e. The molecule has 11 heteroatoms. The Kier molecular flexibility index (Phi) is 14.7. The summed E-state index contributed by atoms with van der Waals surface area (Å²) in [5.41, 5.74) is 2.20. The Morgan fingerprint density at radius 3 is 1.98 bits per heavy atom. The topological polar surface area (TPSA) is 108 Å². The third-order valence-electron chi connectivity index (χ3n) is 6.08. The molecule has 0 spiro atoms. The molecule has 0 aliphatic carbocycles. The van der Waals surface area contributed by atoms with Crippen molar-refractivity contribution in [3.8, 4) is 0 Å². The third-order valence-corrected chi connectivity index (χ3v) is 9.16. The lowest BCUT2D eigenvalue weighted by molar-refractivity contribution is -0.129. The largest absolute Gasteiger partial charge is 0.515 e. The second-order valence-corrected chi connectivity index (χ2v) is 12.8. The standard InChI is InChI=1S/C31H33Cl2N3O4S2/c32-24-15-14-22(28(33)20-24)19-23(21-37)29(38)34-16-18-42-41-17-8-7-13-27(30(39)35-25-9-3-1-4-10-25)31(40)36-26-11-5-2-6-12-26/h1-6,9-12,14-15,20-21,27,37H,7-8,13,16-19H2,(H,34,38)(H,35,39)(H,36,40)/b23-21+. The summed E-state index contributed by atoms with van der Waals surface area (Å²) in [5.74, 6) is -0.331. The summed E-state index contributed by atoms with van der Waals surface area (Å²) in [6.45, 7) is 0.434. The van der Waals surface area contributed by atoms with Crippen molar-refractivity contribution in [3.63, 3.8) is 0 Å². The van der Waals surface area contributed by atoms with Crippen molar-refractivity contribution < 1.29 is 19.5 Å². The number of amides is 3. The van der Waals surface area contributed by atoms with Gasteiger partial charge in [-0.25, -0.2) is 0 Å². The monoisotopic (exact) mass is 645 g/mol. The quantitative estimate of drug-likeness (QED) is 0.0421. The van der Waals surface area contributed by atoms with Crippen molar-refractivity contribution in [3.05, 3.63) is 106 Å². The van der Waals surface area contributed by atoms with E-state index in [-0.39, 0.29) is 29.7 Å². The van der Waals surface area contributed by atoms with Gasteiger partial charge >= 0.3 is 0 Å². The minimum Gasteiger partial charge on any atom is -0.515 e. The SMILES string of the molecule is O=C(NCCSSCCCCC(C(=O)Nc1ccccc1)C(=O)Nc1ccccc1)/C(=C/O)Cc1ccc(Cl)cc1Cl. The molecule has 0 aliphatic rings. The molecule has 0 fully saturated rings. The van der Waals surface area contributed by atoms with Gasteiger partial charge in [-0.15, -0.1) is 0 Å². The van der Waals surface area contributed by atoms with Gasteiger partial charge in [0.2, 0.25) is 11.8 Å². The molecular formula is C31H33Cl2N3O4S2. The van der Waals surface area contributed by atoms with Crippen LogP contribution in [0.4, 0.5) is 11.4 Å². The van der Waals surface area contributed by atoms with Crippen molar-refractivity contribution in [1.82, 2.24) is 5.32 Å². The predicted octanol–water partition coefficient (Wildman–Crippen LogP) is 7.54.